The Morgan fingerprint density at radius 2 is 2.00 bits per heavy atom. The largest absolute Gasteiger partial charge is 0.441 e. The minimum Gasteiger partial charge on any atom is -0.441 e. The molecule has 1 aromatic heterocycles. The van der Waals surface area contributed by atoms with E-state index in [-0.39, 0.29) is 13.2 Å². The van der Waals surface area contributed by atoms with Crippen LogP contribution in [0.4, 0.5) is 20.7 Å². The van der Waals surface area contributed by atoms with Crippen LogP contribution in [0.1, 0.15) is 11.1 Å². The zero-order valence-electron chi connectivity index (χ0n) is 16.5. The van der Waals surface area contributed by atoms with Crippen LogP contribution < -0.4 is 9.80 Å². The van der Waals surface area contributed by atoms with Crippen LogP contribution in [-0.2, 0) is 24.9 Å². The van der Waals surface area contributed by atoms with Crippen LogP contribution in [0.25, 0.3) is 11.1 Å². The van der Waals surface area contributed by atoms with Crippen molar-refractivity contribution in [2.75, 3.05) is 23.0 Å². The van der Waals surface area contributed by atoms with Gasteiger partial charge in [-0.2, -0.15) is 5.10 Å². The van der Waals surface area contributed by atoms with E-state index < -0.39 is 18.0 Å². The number of hydrogen-bond donors (Lipinski definition) is 1. The lowest BCUT2D eigenvalue weighted by atomic mass is 10.00. The Balaban J connectivity index is 1.39. The highest BCUT2D eigenvalue weighted by atomic mass is 19.1. The van der Waals surface area contributed by atoms with Crippen LogP contribution in [0.3, 0.4) is 0 Å². The molecule has 1 fully saturated rings. The predicted molar refractivity (Wildman–Crippen MR) is 110 cm³/mol. The molecule has 2 aliphatic rings. The number of aryl methyl sites for hydroxylation is 1. The standard InChI is InChI=1S/C22H21FN4O3/c1-25-7-6-21(24-25)26-10-15-3-2-14(8-16(15)11-26)19-5-4-17(9-20(19)23)27-12-18(13-28)30-22(27)29/h2-9,18,28H,10-13H2,1H3/t18-/m1/s1. The molecule has 7 nitrogen and oxygen atoms in total. The number of fused-ring (bicyclic) bond motifs is 1. The van der Waals surface area contributed by atoms with E-state index in [0.29, 0.717) is 11.3 Å². The van der Waals surface area contributed by atoms with Gasteiger partial charge in [0.2, 0.25) is 0 Å². The molecule has 1 amide bonds. The summed E-state index contributed by atoms with van der Waals surface area (Å²) >= 11 is 0. The Hall–Kier alpha value is -3.39. The molecule has 5 rings (SSSR count). The second kappa shape index (κ2) is 7.14. The lowest BCUT2D eigenvalue weighted by Crippen LogP contribution is -2.25. The number of carbonyl (C=O) groups excluding carboxylic acids is 1. The molecule has 0 spiro atoms. The summed E-state index contributed by atoms with van der Waals surface area (Å²) in [5.74, 6) is 0.511. The summed E-state index contributed by atoms with van der Waals surface area (Å²) in [5, 5.41) is 13.6. The van der Waals surface area contributed by atoms with Gasteiger partial charge in [0.1, 0.15) is 11.9 Å². The van der Waals surface area contributed by atoms with E-state index in [2.05, 4.69) is 10.00 Å². The number of aliphatic hydroxyl groups excluding tert-OH is 1. The lowest BCUT2D eigenvalue weighted by molar-refractivity contribution is 0.0963. The van der Waals surface area contributed by atoms with Crippen LogP contribution in [0.15, 0.2) is 48.7 Å². The van der Waals surface area contributed by atoms with Gasteiger partial charge < -0.3 is 14.7 Å². The molecule has 8 heteroatoms. The number of carbonyl (C=O) groups is 1. The Bertz CT molecular complexity index is 1130. The minimum atomic E-state index is -0.584. The summed E-state index contributed by atoms with van der Waals surface area (Å²) < 4.78 is 21.8. The van der Waals surface area contributed by atoms with Gasteiger partial charge in [-0.15, -0.1) is 0 Å². The predicted octanol–water partition coefficient (Wildman–Crippen LogP) is 3.06. The van der Waals surface area contributed by atoms with Crippen LogP contribution in [0.5, 0.6) is 0 Å². The number of aromatic nitrogens is 2. The quantitative estimate of drug-likeness (QED) is 0.719. The van der Waals surface area contributed by atoms with Crippen LogP contribution >= 0.6 is 0 Å². The van der Waals surface area contributed by atoms with Crippen LogP contribution in [0, 0.1) is 5.82 Å². The van der Waals surface area contributed by atoms with E-state index in [1.165, 1.54) is 16.5 Å². The van der Waals surface area contributed by atoms with Crippen LogP contribution in [0.2, 0.25) is 0 Å². The third-order valence-electron chi connectivity index (χ3n) is 5.61. The van der Waals surface area contributed by atoms with Crippen molar-refractivity contribution in [1.82, 2.24) is 9.78 Å². The van der Waals surface area contributed by atoms with Gasteiger partial charge in [0.05, 0.1) is 18.8 Å². The second-order valence-corrected chi connectivity index (χ2v) is 7.65. The number of anilines is 2. The van der Waals surface area contributed by atoms with Crippen molar-refractivity contribution >= 4 is 17.6 Å². The number of halogens is 1. The number of amides is 1. The van der Waals surface area contributed by atoms with E-state index in [1.807, 2.05) is 37.5 Å². The van der Waals surface area contributed by atoms with Crippen molar-refractivity contribution in [3.8, 4) is 11.1 Å². The zero-order chi connectivity index (χ0) is 20.8. The second-order valence-electron chi connectivity index (χ2n) is 7.65. The van der Waals surface area contributed by atoms with E-state index >= 15 is 0 Å². The first-order valence-electron chi connectivity index (χ1n) is 9.77. The van der Waals surface area contributed by atoms with Crippen LogP contribution in [-0.4, -0.2) is 40.2 Å². The molecule has 3 heterocycles. The molecule has 0 aliphatic carbocycles. The zero-order valence-corrected chi connectivity index (χ0v) is 16.5. The highest BCUT2D eigenvalue weighted by Crippen LogP contribution is 2.33. The number of cyclic esters (lactones) is 1. The molecular formula is C22H21FN4O3. The van der Waals surface area contributed by atoms with Gasteiger partial charge >= 0.3 is 6.09 Å². The number of aliphatic hydroxyl groups is 1. The third-order valence-corrected chi connectivity index (χ3v) is 5.61. The molecule has 1 atom stereocenters. The highest BCUT2D eigenvalue weighted by Gasteiger charge is 2.32. The molecule has 154 valence electrons. The molecular weight excluding hydrogens is 387 g/mol. The molecule has 1 saturated heterocycles. The fourth-order valence-corrected chi connectivity index (χ4v) is 4.03. The SMILES string of the molecule is Cn1ccc(N2Cc3ccc(-c4ccc(N5C[C@H](CO)OC5=O)cc4F)cc3C2)n1. The van der Waals surface area contributed by atoms with Crippen molar-refractivity contribution in [2.24, 2.45) is 7.05 Å². The molecule has 0 unspecified atom stereocenters. The van der Waals surface area contributed by atoms with Crippen molar-refractivity contribution in [3.63, 3.8) is 0 Å². The molecule has 0 radical (unpaired) electrons. The first kappa shape index (κ1) is 18.6. The highest BCUT2D eigenvalue weighted by molar-refractivity contribution is 5.90. The van der Waals surface area contributed by atoms with Gasteiger partial charge in [-0.3, -0.25) is 9.58 Å². The first-order chi connectivity index (χ1) is 14.5. The first-order valence-corrected chi connectivity index (χ1v) is 9.77. The van der Waals surface area contributed by atoms with Crippen molar-refractivity contribution in [3.05, 3.63) is 65.6 Å². The van der Waals surface area contributed by atoms with E-state index in [0.717, 1.165) is 30.0 Å². The third kappa shape index (κ3) is 3.19. The molecule has 1 N–H and O–H groups in total. The van der Waals surface area contributed by atoms with E-state index in [9.17, 15) is 14.3 Å². The van der Waals surface area contributed by atoms with E-state index in [1.54, 1.807) is 16.8 Å². The monoisotopic (exact) mass is 408 g/mol. The summed E-state index contributed by atoms with van der Waals surface area (Å²) in [6.07, 6.45) is 0.756. The smallest absolute Gasteiger partial charge is 0.414 e. The maximum atomic E-state index is 14.9. The maximum Gasteiger partial charge on any atom is 0.414 e. The van der Waals surface area contributed by atoms with Gasteiger partial charge in [0.25, 0.3) is 0 Å². The number of benzene rings is 2. The summed E-state index contributed by atoms with van der Waals surface area (Å²) in [4.78, 5) is 15.5. The lowest BCUT2D eigenvalue weighted by Gasteiger charge is -2.14. The van der Waals surface area contributed by atoms with Gasteiger partial charge in [0.15, 0.2) is 5.82 Å². The molecule has 2 aromatic carbocycles. The number of ether oxygens (including phenoxy) is 1. The normalized spacial score (nSPS) is 18.1. The molecule has 0 saturated carbocycles. The summed E-state index contributed by atoms with van der Waals surface area (Å²) in [6, 6.07) is 12.7. The molecule has 0 bridgehead atoms. The Kier molecular flexibility index (Phi) is 4.43. The van der Waals surface area contributed by atoms with Crippen molar-refractivity contribution in [1.29, 1.82) is 0 Å². The number of hydrogen-bond acceptors (Lipinski definition) is 5. The molecule has 30 heavy (non-hydrogen) atoms. The average Bonchev–Trinajstić information content (AvgIpc) is 3.44. The van der Waals surface area contributed by atoms with Gasteiger partial charge in [0, 0.05) is 38.0 Å². The Labute approximate surface area is 172 Å². The summed E-state index contributed by atoms with van der Waals surface area (Å²) in [7, 11) is 1.89. The fourth-order valence-electron chi connectivity index (χ4n) is 4.03. The van der Waals surface area contributed by atoms with Gasteiger partial charge in [-0.05, 0) is 41.0 Å². The number of rotatable bonds is 4. The minimum absolute atomic E-state index is 0.205. The van der Waals surface area contributed by atoms with Gasteiger partial charge in [-0.25, -0.2) is 9.18 Å². The van der Waals surface area contributed by atoms with Crippen molar-refractivity contribution in [2.45, 2.75) is 19.2 Å². The molecule has 3 aromatic rings. The Morgan fingerprint density at radius 3 is 2.70 bits per heavy atom. The van der Waals surface area contributed by atoms with Gasteiger partial charge in [-0.1, -0.05) is 12.1 Å². The number of nitrogens with zero attached hydrogens (tertiary/aromatic N) is 4. The average molecular weight is 408 g/mol. The topological polar surface area (TPSA) is 70.8 Å². The fraction of sp³-hybridized carbons (Fsp3) is 0.273. The Morgan fingerprint density at radius 1 is 1.17 bits per heavy atom. The molecule has 2 aliphatic heterocycles. The summed E-state index contributed by atoms with van der Waals surface area (Å²) in [6.45, 7) is 1.45. The maximum absolute atomic E-state index is 14.9. The van der Waals surface area contributed by atoms with Crippen molar-refractivity contribution < 1.29 is 19.0 Å². The van der Waals surface area contributed by atoms with E-state index in [4.69, 9.17) is 4.74 Å². The summed E-state index contributed by atoms with van der Waals surface area (Å²) in [5.41, 5.74) is 4.04.